The molecule has 3 fully saturated rings. The van der Waals surface area contributed by atoms with Crippen molar-refractivity contribution in [2.45, 2.75) is 50.7 Å². The quantitative estimate of drug-likeness (QED) is 0.650. The number of hydrogen-bond acceptors (Lipinski definition) is 5. The van der Waals surface area contributed by atoms with E-state index in [9.17, 15) is 18.7 Å². The predicted octanol–water partition coefficient (Wildman–Crippen LogP) is 3.66. The van der Waals surface area contributed by atoms with Crippen molar-refractivity contribution >= 4 is 5.97 Å². The fraction of sp³-hybridized carbons (Fsp3) is 0.650. The molecule has 0 amide bonds. The molecular formula is C20H25F2NO5. The van der Waals surface area contributed by atoms with Crippen molar-refractivity contribution in [3.05, 3.63) is 23.8 Å². The summed E-state index contributed by atoms with van der Waals surface area (Å²) in [5.74, 6) is 0.298. The summed E-state index contributed by atoms with van der Waals surface area (Å²) in [5, 5.41) is 11.1. The molecule has 2 unspecified atom stereocenters. The van der Waals surface area contributed by atoms with E-state index < -0.39 is 18.6 Å². The van der Waals surface area contributed by atoms with Crippen LogP contribution in [0.15, 0.2) is 18.2 Å². The first-order chi connectivity index (χ1) is 13.5. The summed E-state index contributed by atoms with van der Waals surface area (Å²) in [6, 6.07) is 4.17. The molecule has 1 heterocycles. The minimum absolute atomic E-state index is 0.00835. The standard InChI is InChI=1S/C20H25F2NO5/c21-20(22)28-17-6-5-14(8-18(17)26-10-12-1-2-12)15-7-16(19(24)25)23(9-15)27-11-13-3-4-13/h5-6,8,12-13,15-16,20H,1-4,7,9-11H2,(H,24,25). The van der Waals surface area contributed by atoms with Crippen molar-refractivity contribution in [1.29, 1.82) is 0 Å². The molecule has 0 bridgehead atoms. The van der Waals surface area contributed by atoms with Crippen LogP contribution < -0.4 is 9.47 Å². The molecule has 8 heteroatoms. The lowest BCUT2D eigenvalue weighted by Crippen LogP contribution is -2.36. The lowest BCUT2D eigenvalue weighted by Gasteiger charge is -2.20. The number of hydroxylamine groups is 2. The average Bonchev–Trinajstić information content (AvgIpc) is 3.57. The number of alkyl halides is 2. The van der Waals surface area contributed by atoms with Crippen molar-refractivity contribution in [3.63, 3.8) is 0 Å². The zero-order valence-electron chi connectivity index (χ0n) is 15.6. The number of rotatable bonds is 10. The molecule has 154 valence electrons. The Hall–Kier alpha value is -1.93. The van der Waals surface area contributed by atoms with Crippen LogP contribution in [0, 0.1) is 11.8 Å². The molecule has 1 N–H and O–H groups in total. The Morgan fingerprint density at radius 3 is 2.50 bits per heavy atom. The molecule has 6 nitrogen and oxygen atoms in total. The summed E-state index contributed by atoms with van der Waals surface area (Å²) in [6.07, 6.45) is 4.82. The first kappa shape index (κ1) is 19.4. The number of halogens is 2. The van der Waals surface area contributed by atoms with E-state index in [1.165, 1.54) is 6.07 Å². The summed E-state index contributed by atoms with van der Waals surface area (Å²) in [4.78, 5) is 17.4. The van der Waals surface area contributed by atoms with Crippen molar-refractivity contribution < 1.29 is 33.0 Å². The topological polar surface area (TPSA) is 68.2 Å². The SMILES string of the molecule is O=C(O)C1CC(c2ccc(OC(F)F)c(OCC3CC3)c2)CN1OCC1CC1. The van der Waals surface area contributed by atoms with E-state index in [4.69, 9.17) is 9.57 Å². The molecule has 0 radical (unpaired) electrons. The number of carboxylic acid groups (broad SMARTS) is 1. The minimum Gasteiger partial charge on any atom is -0.489 e. The summed E-state index contributed by atoms with van der Waals surface area (Å²) in [5.41, 5.74) is 0.844. The highest BCUT2D eigenvalue weighted by atomic mass is 19.3. The summed E-state index contributed by atoms with van der Waals surface area (Å²) >= 11 is 0. The van der Waals surface area contributed by atoms with Crippen LogP contribution in [-0.2, 0) is 9.63 Å². The van der Waals surface area contributed by atoms with Crippen molar-refractivity contribution in [2.24, 2.45) is 11.8 Å². The Bertz CT molecular complexity index is 708. The summed E-state index contributed by atoms with van der Waals surface area (Å²) < 4.78 is 35.7. The fourth-order valence-corrected chi connectivity index (χ4v) is 3.48. The molecule has 28 heavy (non-hydrogen) atoms. The first-order valence-corrected chi connectivity index (χ1v) is 9.83. The third-order valence-electron chi connectivity index (χ3n) is 5.54. The van der Waals surface area contributed by atoms with Crippen molar-refractivity contribution in [2.75, 3.05) is 19.8 Å². The van der Waals surface area contributed by atoms with Gasteiger partial charge in [-0.05, 0) is 61.6 Å². The number of hydrogen-bond donors (Lipinski definition) is 1. The van der Waals surface area contributed by atoms with E-state index in [2.05, 4.69) is 4.74 Å². The van der Waals surface area contributed by atoms with Crippen LogP contribution in [0.3, 0.4) is 0 Å². The van der Waals surface area contributed by atoms with Gasteiger partial charge in [-0.15, -0.1) is 0 Å². The Morgan fingerprint density at radius 1 is 1.14 bits per heavy atom. The molecule has 1 aromatic rings. The monoisotopic (exact) mass is 397 g/mol. The second-order valence-corrected chi connectivity index (χ2v) is 7.96. The maximum atomic E-state index is 12.7. The van der Waals surface area contributed by atoms with Crippen molar-refractivity contribution in [3.8, 4) is 11.5 Å². The molecule has 1 saturated heterocycles. The zero-order valence-corrected chi connectivity index (χ0v) is 15.6. The number of carbonyl (C=O) groups is 1. The smallest absolute Gasteiger partial charge is 0.387 e. The predicted molar refractivity (Wildman–Crippen MR) is 95.5 cm³/mol. The lowest BCUT2D eigenvalue weighted by molar-refractivity contribution is -0.188. The molecule has 2 atom stereocenters. The Balaban J connectivity index is 1.48. The van der Waals surface area contributed by atoms with Crippen LogP contribution in [0.1, 0.15) is 43.6 Å². The van der Waals surface area contributed by atoms with Gasteiger partial charge >= 0.3 is 12.6 Å². The van der Waals surface area contributed by atoms with Gasteiger partial charge in [0.1, 0.15) is 6.04 Å². The maximum Gasteiger partial charge on any atom is 0.387 e. The van der Waals surface area contributed by atoms with Gasteiger partial charge in [0.15, 0.2) is 11.5 Å². The largest absolute Gasteiger partial charge is 0.489 e. The number of nitrogens with zero attached hydrogens (tertiary/aromatic N) is 1. The zero-order chi connectivity index (χ0) is 19.7. The first-order valence-electron chi connectivity index (χ1n) is 9.83. The lowest BCUT2D eigenvalue weighted by atomic mass is 9.96. The molecule has 4 rings (SSSR count). The van der Waals surface area contributed by atoms with E-state index >= 15 is 0 Å². The normalized spacial score (nSPS) is 25.2. The third-order valence-corrected chi connectivity index (χ3v) is 5.54. The number of aliphatic carboxylic acids is 1. The van der Waals surface area contributed by atoms with Gasteiger partial charge in [-0.1, -0.05) is 6.07 Å². The van der Waals surface area contributed by atoms with Gasteiger partial charge in [0, 0.05) is 12.5 Å². The van der Waals surface area contributed by atoms with E-state index in [0.717, 1.165) is 31.2 Å². The second kappa shape index (κ2) is 8.21. The van der Waals surface area contributed by atoms with Crippen LogP contribution in [0.25, 0.3) is 0 Å². The molecule has 2 aliphatic carbocycles. The maximum absolute atomic E-state index is 12.7. The van der Waals surface area contributed by atoms with Crippen LogP contribution in [0.4, 0.5) is 8.78 Å². The highest BCUT2D eigenvalue weighted by Gasteiger charge is 2.39. The Kier molecular flexibility index (Phi) is 5.68. The van der Waals surface area contributed by atoms with Gasteiger partial charge in [-0.3, -0.25) is 9.63 Å². The summed E-state index contributed by atoms with van der Waals surface area (Å²) in [6.45, 7) is -1.46. The van der Waals surface area contributed by atoms with Gasteiger partial charge in [0.2, 0.25) is 0 Å². The van der Waals surface area contributed by atoms with Crippen molar-refractivity contribution in [1.82, 2.24) is 5.06 Å². The van der Waals surface area contributed by atoms with E-state index in [-0.39, 0.29) is 17.4 Å². The number of carboxylic acids is 1. The van der Waals surface area contributed by atoms with E-state index in [1.54, 1.807) is 17.2 Å². The van der Waals surface area contributed by atoms with Gasteiger partial charge < -0.3 is 14.6 Å². The fourth-order valence-electron chi connectivity index (χ4n) is 3.48. The number of ether oxygens (including phenoxy) is 2. The van der Waals surface area contributed by atoms with E-state index in [0.29, 0.717) is 38.0 Å². The van der Waals surface area contributed by atoms with Gasteiger partial charge in [-0.25, -0.2) is 0 Å². The minimum atomic E-state index is -2.93. The van der Waals surface area contributed by atoms with Crippen LogP contribution >= 0.6 is 0 Å². The number of benzene rings is 1. The molecular weight excluding hydrogens is 372 g/mol. The van der Waals surface area contributed by atoms with Crippen LogP contribution in [0.2, 0.25) is 0 Å². The van der Waals surface area contributed by atoms with Crippen LogP contribution in [-0.4, -0.2) is 48.6 Å². The Morgan fingerprint density at radius 2 is 1.86 bits per heavy atom. The van der Waals surface area contributed by atoms with Gasteiger partial charge in [-0.2, -0.15) is 13.8 Å². The molecule has 3 aliphatic rings. The van der Waals surface area contributed by atoms with Gasteiger partial charge in [0.05, 0.1) is 13.2 Å². The molecule has 0 aromatic heterocycles. The average molecular weight is 397 g/mol. The highest BCUT2D eigenvalue weighted by Crippen LogP contribution is 2.39. The highest BCUT2D eigenvalue weighted by molar-refractivity contribution is 5.74. The molecule has 1 aromatic carbocycles. The molecule has 0 spiro atoms. The van der Waals surface area contributed by atoms with E-state index in [1.807, 2.05) is 0 Å². The molecule has 1 aliphatic heterocycles. The van der Waals surface area contributed by atoms with Crippen LogP contribution in [0.5, 0.6) is 11.5 Å². The Labute approximate surface area is 162 Å². The third kappa shape index (κ3) is 4.91. The van der Waals surface area contributed by atoms with Gasteiger partial charge in [0.25, 0.3) is 0 Å². The molecule has 2 saturated carbocycles. The second-order valence-electron chi connectivity index (χ2n) is 7.96. The summed E-state index contributed by atoms with van der Waals surface area (Å²) in [7, 11) is 0.